The first-order valence-electron chi connectivity index (χ1n) is 7.80. The first kappa shape index (κ1) is 19.5. The molecule has 1 aliphatic rings. The molecule has 0 saturated carbocycles. The molecule has 7 heteroatoms. The van der Waals surface area contributed by atoms with Gasteiger partial charge >= 0.3 is 0 Å². The number of rotatable bonds is 9. The number of aliphatic hydroxyl groups is 4. The van der Waals surface area contributed by atoms with E-state index in [1.54, 1.807) is 0 Å². The van der Waals surface area contributed by atoms with Gasteiger partial charge in [-0.2, -0.15) is 0 Å². The fraction of sp³-hybridized carbons (Fsp3) is 0.933. The SMILES string of the molecule is CC(C)CC(=O)CCCCOC1OC(CO)C(O)C(O)C1O. The lowest BCUT2D eigenvalue weighted by Crippen LogP contribution is -2.59. The van der Waals surface area contributed by atoms with Gasteiger partial charge in [0.1, 0.15) is 30.2 Å². The molecule has 0 amide bonds. The van der Waals surface area contributed by atoms with Crippen LogP contribution in [0.4, 0.5) is 0 Å². The van der Waals surface area contributed by atoms with Crippen LogP contribution in [0.1, 0.15) is 39.5 Å². The zero-order valence-corrected chi connectivity index (χ0v) is 13.2. The summed E-state index contributed by atoms with van der Waals surface area (Å²) in [7, 11) is 0. The number of carbonyl (C=O) groups excluding carboxylic acids is 1. The van der Waals surface area contributed by atoms with Crippen LogP contribution >= 0.6 is 0 Å². The summed E-state index contributed by atoms with van der Waals surface area (Å²) < 4.78 is 10.6. The molecule has 0 spiro atoms. The molecule has 0 radical (unpaired) electrons. The Hall–Kier alpha value is -0.570. The summed E-state index contributed by atoms with van der Waals surface area (Å²) in [5.74, 6) is 0.584. The zero-order chi connectivity index (χ0) is 16.7. The second kappa shape index (κ2) is 9.54. The number of aliphatic hydroxyl groups excluding tert-OH is 4. The van der Waals surface area contributed by atoms with Crippen LogP contribution in [0.15, 0.2) is 0 Å². The van der Waals surface area contributed by atoms with Crippen molar-refractivity contribution in [3.05, 3.63) is 0 Å². The number of hydrogen-bond acceptors (Lipinski definition) is 7. The van der Waals surface area contributed by atoms with E-state index in [-0.39, 0.29) is 12.4 Å². The van der Waals surface area contributed by atoms with Crippen molar-refractivity contribution in [2.45, 2.75) is 70.2 Å². The molecule has 7 nitrogen and oxygen atoms in total. The van der Waals surface area contributed by atoms with Crippen molar-refractivity contribution >= 4 is 5.78 Å². The summed E-state index contributed by atoms with van der Waals surface area (Å²) in [5, 5.41) is 38.1. The van der Waals surface area contributed by atoms with Crippen LogP contribution in [0, 0.1) is 5.92 Å². The fourth-order valence-electron chi connectivity index (χ4n) is 2.39. The lowest BCUT2D eigenvalue weighted by Gasteiger charge is -2.39. The summed E-state index contributed by atoms with van der Waals surface area (Å²) in [6.45, 7) is 3.78. The summed E-state index contributed by atoms with van der Waals surface area (Å²) in [4.78, 5) is 11.5. The Morgan fingerprint density at radius 1 is 1.14 bits per heavy atom. The maximum atomic E-state index is 11.5. The van der Waals surface area contributed by atoms with Crippen LogP contribution in [0.2, 0.25) is 0 Å². The third-order valence-electron chi connectivity index (χ3n) is 3.62. The van der Waals surface area contributed by atoms with Crippen LogP contribution in [0.3, 0.4) is 0 Å². The molecule has 1 rings (SSSR count). The van der Waals surface area contributed by atoms with E-state index in [4.69, 9.17) is 14.6 Å². The fourth-order valence-corrected chi connectivity index (χ4v) is 2.39. The third kappa shape index (κ3) is 5.91. The van der Waals surface area contributed by atoms with Crippen molar-refractivity contribution in [1.29, 1.82) is 0 Å². The van der Waals surface area contributed by atoms with Crippen molar-refractivity contribution in [2.24, 2.45) is 5.92 Å². The zero-order valence-electron chi connectivity index (χ0n) is 13.2. The highest BCUT2D eigenvalue weighted by molar-refractivity contribution is 5.78. The number of ether oxygens (including phenoxy) is 2. The average molecular weight is 320 g/mol. The van der Waals surface area contributed by atoms with Crippen LogP contribution in [-0.2, 0) is 14.3 Å². The third-order valence-corrected chi connectivity index (χ3v) is 3.62. The average Bonchev–Trinajstić information content (AvgIpc) is 2.46. The molecule has 0 aromatic carbocycles. The van der Waals surface area contributed by atoms with Crippen molar-refractivity contribution in [3.63, 3.8) is 0 Å². The molecule has 5 atom stereocenters. The van der Waals surface area contributed by atoms with Crippen molar-refractivity contribution < 1.29 is 34.7 Å². The van der Waals surface area contributed by atoms with Crippen LogP contribution in [0.25, 0.3) is 0 Å². The quantitative estimate of drug-likeness (QED) is 0.427. The van der Waals surface area contributed by atoms with Gasteiger partial charge in [-0.1, -0.05) is 13.8 Å². The Kier molecular flexibility index (Phi) is 8.45. The maximum absolute atomic E-state index is 11.5. The van der Waals surface area contributed by atoms with E-state index in [9.17, 15) is 20.1 Å². The molecule has 1 aliphatic heterocycles. The van der Waals surface area contributed by atoms with Gasteiger partial charge in [-0.25, -0.2) is 0 Å². The Balaban J connectivity index is 2.25. The van der Waals surface area contributed by atoms with Crippen LogP contribution in [-0.4, -0.2) is 70.1 Å². The van der Waals surface area contributed by atoms with Crippen LogP contribution < -0.4 is 0 Å². The predicted octanol–water partition coefficient (Wildman–Crippen LogP) is -0.412. The van der Waals surface area contributed by atoms with E-state index in [1.807, 2.05) is 13.8 Å². The first-order chi connectivity index (χ1) is 10.4. The molecule has 0 aliphatic carbocycles. The monoisotopic (exact) mass is 320 g/mol. The highest BCUT2D eigenvalue weighted by Gasteiger charge is 2.43. The maximum Gasteiger partial charge on any atom is 0.186 e. The molecule has 5 unspecified atom stereocenters. The number of hydrogen-bond donors (Lipinski definition) is 4. The minimum atomic E-state index is -1.43. The van der Waals surface area contributed by atoms with Crippen molar-refractivity contribution in [2.75, 3.05) is 13.2 Å². The minimum absolute atomic E-state index is 0.225. The largest absolute Gasteiger partial charge is 0.394 e. The van der Waals surface area contributed by atoms with Gasteiger partial charge < -0.3 is 29.9 Å². The predicted molar refractivity (Wildman–Crippen MR) is 78.0 cm³/mol. The highest BCUT2D eigenvalue weighted by atomic mass is 16.7. The molecule has 4 N–H and O–H groups in total. The molecule has 130 valence electrons. The highest BCUT2D eigenvalue weighted by Crippen LogP contribution is 2.22. The Morgan fingerprint density at radius 3 is 2.41 bits per heavy atom. The minimum Gasteiger partial charge on any atom is -0.394 e. The lowest BCUT2D eigenvalue weighted by molar-refractivity contribution is -0.301. The second-order valence-electron chi connectivity index (χ2n) is 6.16. The van der Waals surface area contributed by atoms with E-state index < -0.39 is 37.3 Å². The standard InChI is InChI=1S/C15H28O7/c1-9(2)7-10(17)5-3-4-6-21-15-14(20)13(19)12(18)11(8-16)22-15/h9,11-16,18-20H,3-8H2,1-2H3. The van der Waals surface area contributed by atoms with E-state index in [1.165, 1.54) is 0 Å². The van der Waals surface area contributed by atoms with Crippen molar-refractivity contribution in [3.8, 4) is 0 Å². The summed E-state index contributed by atoms with van der Waals surface area (Å²) in [6, 6.07) is 0. The molecule has 0 aromatic heterocycles. The number of unbranched alkanes of at least 4 members (excludes halogenated alkanes) is 1. The molecular formula is C15H28O7. The Labute approximate surface area is 130 Å². The molecule has 1 saturated heterocycles. The smallest absolute Gasteiger partial charge is 0.186 e. The van der Waals surface area contributed by atoms with Gasteiger partial charge in [0, 0.05) is 19.4 Å². The summed E-state index contributed by atoms with van der Waals surface area (Å²) in [6.07, 6.45) is -3.86. The second-order valence-corrected chi connectivity index (χ2v) is 6.16. The number of carbonyl (C=O) groups is 1. The number of Topliss-reactive ketones (excluding diaryl/α,β-unsaturated/α-hetero) is 1. The molecule has 1 heterocycles. The van der Waals surface area contributed by atoms with Gasteiger partial charge in [0.15, 0.2) is 6.29 Å². The summed E-state index contributed by atoms with van der Waals surface area (Å²) >= 11 is 0. The summed E-state index contributed by atoms with van der Waals surface area (Å²) in [5.41, 5.74) is 0. The van der Waals surface area contributed by atoms with Gasteiger partial charge in [0.25, 0.3) is 0 Å². The number of ketones is 1. The Morgan fingerprint density at radius 2 is 1.82 bits per heavy atom. The van der Waals surface area contributed by atoms with Crippen LogP contribution in [0.5, 0.6) is 0 Å². The molecular weight excluding hydrogens is 292 g/mol. The van der Waals surface area contributed by atoms with Gasteiger partial charge in [-0.15, -0.1) is 0 Å². The van der Waals surface area contributed by atoms with Gasteiger partial charge in [-0.3, -0.25) is 4.79 Å². The normalized spacial score (nSPS) is 32.4. The topological polar surface area (TPSA) is 116 Å². The van der Waals surface area contributed by atoms with Gasteiger partial charge in [0.05, 0.1) is 6.61 Å². The van der Waals surface area contributed by atoms with Gasteiger partial charge in [-0.05, 0) is 18.8 Å². The van der Waals surface area contributed by atoms with E-state index in [2.05, 4.69) is 0 Å². The Bertz CT molecular complexity index is 332. The van der Waals surface area contributed by atoms with E-state index in [0.717, 1.165) is 0 Å². The molecule has 0 bridgehead atoms. The molecule has 22 heavy (non-hydrogen) atoms. The van der Waals surface area contributed by atoms with Gasteiger partial charge in [0.2, 0.25) is 0 Å². The molecule has 1 fully saturated rings. The molecule has 0 aromatic rings. The van der Waals surface area contributed by atoms with E-state index >= 15 is 0 Å². The van der Waals surface area contributed by atoms with Crippen molar-refractivity contribution in [1.82, 2.24) is 0 Å². The lowest BCUT2D eigenvalue weighted by atomic mass is 9.99. The van der Waals surface area contributed by atoms with E-state index in [0.29, 0.717) is 31.6 Å². The first-order valence-corrected chi connectivity index (χ1v) is 7.80.